The van der Waals surface area contributed by atoms with Crippen molar-refractivity contribution in [1.29, 1.82) is 5.26 Å². The molecule has 0 aliphatic rings. The number of hydroxylamine groups is 1. The third-order valence-electron chi connectivity index (χ3n) is 2.91. The van der Waals surface area contributed by atoms with Crippen LogP contribution in [0.2, 0.25) is 0 Å². The maximum Gasteiger partial charge on any atom is 0.359 e. The summed E-state index contributed by atoms with van der Waals surface area (Å²) in [5.74, 6) is 0. The molecule has 2 rings (SSSR count). The van der Waals surface area contributed by atoms with Gasteiger partial charge in [0.1, 0.15) is 6.10 Å². The smallest absolute Gasteiger partial charge is 0.264 e. The van der Waals surface area contributed by atoms with E-state index in [-0.39, 0.29) is 6.10 Å². The third kappa shape index (κ3) is 3.81. The highest BCUT2D eigenvalue weighted by atomic mass is 16.7. The quantitative estimate of drug-likeness (QED) is 0.531. The van der Waals surface area contributed by atoms with Crippen LogP contribution < -0.4 is 10.4 Å². The Morgan fingerprint density at radius 3 is 2.29 bits per heavy atom. The number of nitrogens with zero attached hydrogens (tertiary/aromatic N) is 2. The zero-order valence-corrected chi connectivity index (χ0v) is 11.6. The lowest BCUT2D eigenvalue weighted by Gasteiger charge is -2.17. The molecule has 1 unspecified atom stereocenters. The summed E-state index contributed by atoms with van der Waals surface area (Å²) in [5, 5.41) is 9.09. The van der Waals surface area contributed by atoms with Gasteiger partial charge in [0, 0.05) is 0 Å². The van der Waals surface area contributed by atoms with Crippen molar-refractivity contribution in [3.8, 4) is 6.19 Å². The van der Waals surface area contributed by atoms with Gasteiger partial charge in [0.2, 0.25) is 0 Å². The SMILES string of the molecule is CC(ONC(=O)N(C#N)c1ccccc1)c1ccccc1. The summed E-state index contributed by atoms with van der Waals surface area (Å²) in [4.78, 5) is 18.2. The number of nitriles is 1. The van der Waals surface area contributed by atoms with Crippen LogP contribution in [0.5, 0.6) is 0 Å². The molecule has 2 amide bonds. The molecule has 0 saturated heterocycles. The van der Waals surface area contributed by atoms with Gasteiger partial charge in [-0.1, -0.05) is 48.5 Å². The first-order valence-corrected chi connectivity index (χ1v) is 6.48. The number of para-hydroxylation sites is 1. The number of carbonyl (C=O) groups excluding carboxylic acids is 1. The Labute approximate surface area is 123 Å². The molecule has 0 aliphatic heterocycles. The van der Waals surface area contributed by atoms with Crippen LogP contribution in [0.3, 0.4) is 0 Å². The molecule has 1 atom stereocenters. The summed E-state index contributed by atoms with van der Waals surface area (Å²) < 4.78 is 0. The summed E-state index contributed by atoms with van der Waals surface area (Å²) in [5.41, 5.74) is 3.71. The molecule has 0 radical (unpaired) electrons. The van der Waals surface area contributed by atoms with E-state index in [0.717, 1.165) is 10.5 Å². The molecule has 0 spiro atoms. The van der Waals surface area contributed by atoms with Crippen LogP contribution in [0.15, 0.2) is 60.7 Å². The fourth-order valence-corrected chi connectivity index (χ4v) is 1.77. The molecule has 0 aromatic heterocycles. The molecule has 106 valence electrons. The number of rotatable bonds is 4. The van der Waals surface area contributed by atoms with Crippen molar-refractivity contribution in [3.63, 3.8) is 0 Å². The van der Waals surface area contributed by atoms with Crippen molar-refractivity contribution in [2.45, 2.75) is 13.0 Å². The monoisotopic (exact) mass is 281 g/mol. The molecular formula is C16H15N3O2. The first-order valence-electron chi connectivity index (χ1n) is 6.48. The van der Waals surface area contributed by atoms with E-state index in [1.807, 2.05) is 49.5 Å². The van der Waals surface area contributed by atoms with Crippen molar-refractivity contribution >= 4 is 11.7 Å². The fraction of sp³-hybridized carbons (Fsp3) is 0.125. The minimum atomic E-state index is -0.633. The van der Waals surface area contributed by atoms with E-state index >= 15 is 0 Å². The van der Waals surface area contributed by atoms with Crippen LogP contribution in [0.4, 0.5) is 10.5 Å². The molecule has 5 nitrogen and oxygen atoms in total. The molecule has 2 aromatic carbocycles. The number of benzene rings is 2. The molecule has 0 bridgehead atoms. The minimum absolute atomic E-state index is 0.313. The van der Waals surface area contributed by atoms with Gasteiger partial charge in [-0.25, -0.2) is 10.3 Å². The number of hydrogen-bond donors (Lipinski definition) is 1. The van der Waals surface area contributed by atoms with Crippen LogP contribution >= 0.6 is 0 Å². The summed E-state index contributed by atoms with van der Waals surface area (Å²) in [6.45, 7) is 1.81. The highest BCUT2D eigenvalue weighted by molar-refractivity contribution is 5.93. The lowest BCUT2D eigenvalue weighted by molar-refractivity contribution is 0.00711. The second kappa shape index (κ2) is 7.08. The lowest BCUT2D eigenvalue weighted by Crippen LogP contribution is -2.37. The van der Waals surface area contributed by atoms with E-state index in [1.165, 1.54) is 0 Å². The van der Waals surface area contributed by atoms with Gasteiger partial charge in [-0.05, 0) is 24.6 Å². The van der Waals surface area contributed by atoms with Crippen molar-refractivity contribution in [2.75, 3.05) is 4.90 Å². The largest absolute Gasteiger partial charge is 0.359 e. The Bertz CT molecular complexity index is 623. The topological polar surface area (TPSA) is 65.4 Å². The molecule has 0 heterocycles. The number of nitrogens with one attached hydrogen (secondary N) is 1. The highest BCUT2D eigenvalue weighted by Gasteiger charge is 2.16. The Kier molecular flexibility index (Phi) is 4.91. The van der Waals surface area contributed by atoms with Crippen LogP contribution in [-0.4, -0.2) is 6.03 Å². The predicted molar refractivity (Wildman–Crippen MR) is 79.0 cm³/mol. The fourth-order valence-electron chi connectivity index (χ4n) is 1.77. The zero-order valence-electron chi connectivity index (χ0n) is 11.6. The summed E-state index contributed by atoms with van der Waals surface area (Å²) >= 11 is 0. The summed E-state index contributed by atoms with van der Waals surface area (Å²) in [7, 11) is 0. The summed E-state index contributed by atoms with van der Waals surface area (Å²) in [6.07, 6.45) is 1.51. The molecule has 2 aromatic rings. The Balaban J connectivity index is 1.97. The second-order valence-corrected chi connectivity index (χ2v) is 4.35. The van der Waals surface area contributed by atoms with E-state index in [1.54, 1.807) is 24.3 Å². The summed E-state index contributed by atoms with van der Waals surface area (Å²) in [6, 6.07) is 17.5. The zero-order chi connectivity index (χ0) is 15.1. The van der Waals surface area contributed by atoms with Crippen LogP contribution in [0, 0.1) is 11.5 Å². The third-order valence-corrected chi connectivity index (χ3v) is 2.91. The maximum absolute atomic E-state index is 12.0. The van der Waals surface area contributed by atoms with Crippen LogP contribution in [0.1, 0.15) is 18.6 Å². The van der Waals surface area contributed by atoms with Gasteiger partial charge in [-0.2, -0.15) is 10.2 Å². The van der Waals surface area contributed by atoms with Gasteiger partial charge < -0.3 is 0 Å². The van der Waals surface area contributed by atoms with E-state index in [4.69, 9.17) is 10.1 Å². The van der Waals surface area contributed by atoms with E-state index in [0.29, 0.717) is 5.69 Å². The first-order chi connectivity index (χ1) is 10.2. The van der Waals surface area contributed by atoms with E-state index < -0.39 is 6.03 Å². The van der Waals surface area contributed by atoms with E-state index in [2.05, 4.69) is 5.48 Å². The van der Waals surface area contributed by atoms with Gasteiger partial charge in [0.25, 0.3) is 0 Å². The highest BCUT2D eigenvalue weighted by Crippen LogP contribution is 2.16. The van der Waals surface area contributed by atoms with Crippen molar-refractivity contribution < 1.29 is 9.63 Å². The maximum atomic E-state index is 12.0. The number of carbonyl (C=O) groups is 1. The average molecular weight is 281 g/mol. The van der Waals surface area contributed by atoms with Crippen molar-refractivity contribution in [2.24, 2.45) is 0 Å². The Morgan fingerprint density at radius 1 is 1.14 bits per heavy atom. The van der Waals surface area contributed by atoms with Gasteiger partial charge in [0.15, 0.2) is 6.19 Å². The number of urea groups is 1. The van der Waals surface area contributed by atoms with Gasteiger partial charge in [-0.15, -0.1) is 0 Å². The van der Waals surface area contributed by atoms with Crippen molar-refractivity contribution in [1.82, 2.24) is 5.48 Å². The lowest BCUT2D eigenvalue weighted by atomic mass is 10.1. The number of amides is 2. The molecule has 0 aliphatic carbocycles. The molecule has 0 fully saturated rings. The minimum Gasteiger partial charge on any atom is -0.264 e. The van der Waals surface area contributed by atoms with E-state index in [9.17, 15) is 4.79 Å². The standard InChI is InChI=1S/C16H15N3O2/c1-13(14-8-4-2-5-9-14)21-18-16(20)19(12-17)15-10-6-3-7-11-15/h2-11,13H,1H3,(H,18,20). The van der Waals surface area contributed by atoms with Gasteiger partial charge >= 0.3 is 6.03 Å². The Morgan fingerprint density at radius 2 is 1.71 bits per heavy atom. The first kappa shape index (κ1) is 14.6. The van der Waals surface area contributed by atoms with Gasteiger partial charge in [0.05, 0.1) is 5.69 Å². The number of hydrogen-bond acceptors (Lipinski definition) is 3. The van der Waals surface area contributed by atoms with Crippen molar-refractivity contribution in [3.05, 3.63) is 66.2 Å². The second-order valence-electron chi connectivity index (χ2n) is 4.35. The molecule has 21 heavy (non-hydrogen) atoms. The molecule has 5 heteroatoms. The molecule has 0 saturated carbocycles. The normalized spacial score (nSPS) is 11.2. The number of anilines is 1. The van der Waals surface area contributed by atoms with Crippen LogP contribution in [0.25, 0.3) is 0 Å². The van der Waals surface area contributed by atoms with Gasteiger partial charge in [-0.3, -0.25) is 4.84 Å². The van der Waals surface area contributed by atoms with Crippen LogP contribution in [-0.2, 0) is 4.84 Å². The molecule has 1 N–H and O–H groups in total. The average Bonchev–Trinajstić information content (AvgIpc) is 2.55. The predicted octanol–water partition coefficient (Wildman–Crippen LogP) is 3.38. The molecular weight excluding hydrogens is 266 g/mol. The Hall–Kier alpha value is -2.84.